The molecule has 3 heteroatoms. The Morgan fingerprint density at radius 3 is 2.79 bits per heavy atom. The normalized spacial score (nSPS) is 19.0. The molecule has 1 aliphatic carbocycles. The maximum atomic E-state index is 4.28. The first-order chi connectivity index (χ1) is 6.75. The van der Waals surface area contributed by atoms with Gasteiger partial charge in [0.05, 0.1) is 5.01 Å². The molecule has 0 aromatic carbocycles. The van der Waals surface area contributed by atoms with Crippen LogP contribution in [0.25, 0.3) is 0 Å². The molecule has 1 aromatic heterocycles. The second kappa shape index (κ2) is 4.24. The molecule has 0 radical (unpaired) electrons. The quantitative estimate of drug-likeness (QED) is 0.773. The summed E-state index contributed by atoms with van der Waals surface area (Å²) in [5.74, 6) is 0. The lowest BCUT2D eigenvalue weighted by Crippen LogP contribution is -2.28. The van der Waals surface area contributed by atoms with E-state index in [1.54, 1.807) is 11.3 Å². The molecule has 0 bridgehead atoms. The van der Waals surface area contributed by atoms with Crippen molar-refractivity contribution in [3.63, 3.8) is 0 Å². The van der Waals surface area contributed by atoms with E-state index in [4.69, 9.17) is 0 Å². The summed E-state index contributed by atoms with van der Waals surface area (Å²) in [5.41, 5.74) is 0. The van der Waals surface area contributed by atoms with Crippen LogP contribution in [0.15, 0.2) is 18.3 Å². The van der Waals surface area contributed by atoms with E-state index in [9.17, 15) is 0 Å². The molecule has 1 unspecified atom stereocenters. The van der Waals surface area contributed by atoms with Gasteiger partial charge in [-0.15, -0.1) is 11.3 Å². The van der Waals surface area contributed by atoms with Crippen LogP contribution < -0.4 is 5.32 Å². The van der Waals surface area contributed by atoms with Gasteiger partial charge in [0.25, 0.3) is 0 Å². The van der Waals surface area contributed by atoms with Crippen LogP contribution >= 0.6 is 11.3 Å². The minimum Gasteiger partial charge on any atom is -0.306 e. The van der Waals surface area contributed by atoms with Crippen molar-refractivity contribution in [2.75, 3.05) is 0 Å². The highest BCUT2D eigenvalue weighted by molar-refractivity contribution is 7.11. The molecule has 14 heavy (non-hydrogen) atoms. The SMILES string of the molecule is Cc1ncc(C(C)NC2CC=CC2)s1. The summed E-state index contributed by atoms with van der Waals surface area (Å²) in [6, 6.07) is 1.07. The molecule has 0 spiro atoms. The van der Waals surface area contributed by atoms with Crippen LogP contribution in [0.2, 0.25) is 0 Å². The van der Waals surface area contributed by atoms with Gasteiger partial charge < -0.3 is 5.32 Å². The largest absolute Gasteiger partial charge is 0.306 e. The Balaban J connectivity index is 1.92. The Hall–Kier alpha value is -0.670. The van der Waals surface area contributed by atoms with Crippen molar-refractivity contribution < 1.29 is 0 Å². The molecule has 2 rings (SSSR count). The zero-order valence-corrected chi connectivity index (χ0v) is 9.47. The standard InChI is InChI=1S/C11H16N2S/c1-8(11-7-12-9(2)14-11)13-10-5-3-4-6-10/h3-4,7-8,10,13H,5-6H2,1-2H3. The highest BCUT2D eigenvalue weighted by Gasteiger charge is 2.15. The van der Waals surface area contributed by atoms with Gasteiger partial charge in [-0.05, 0) is 26.7 Å². The monoisotopic (exact) mass is 208 g/mol. The lowest BCUT2D eigenvalue weighted by atomic mass is 10.2. The van der Waals surface area contributed by atoms with Crippen molar-refractivity contribution in [3.05, 3.63) is 28.2 Å². The van der Waals surface area contributed by atoms with Crippen LogP contribution in [0.4, 0.5) is 0 Å². The fraction of sp³-hybridized carbons (Fsp3) is 0.545. The van der Waals surface area contributed by atoms with Gasteiger partial charge in [0.15, 0.2) is 0 Å². The minimum absolute atomic E-state index is 0.436. The van der Waals surface area contributed by atoms with Crippen LogP contribution in [-0.2, 0) is 0 Å². The molecule has 2 nitrogen and oxygen atoms in total. The van der Waals surface area contributed by atoms with Crippen LogP contribution in [0.1, 0.15) is 35.7 Å². The van der Waals surface area contributed by atoms with Crippen molar-refractivity contribution in [2.24, 2.45) is 0 Å². The van der Waals surface area contributed by atoms with Crippen LogP contribution in [-0.4, -0.2) is 11.0 Å². The Labute approximate surface area is 89.1 Å². The van der Waals surface area contributed by atoms with E-state index in [0.29, 0.717) is 12.1 Å². The molecule has 0 fully saturated rings. The minimum atomic E-state index is 0.436. The zero-order valence-electron chi connectivity index (χ0n) is 8.66. The Bertz CT molecular complexity index is 322. The summed E-state index contributed by atoms with van der Waals surface area (Å²) < 4.78 is 0. The second-order valence-corrected chi connectivity index (χ2v) is 5.08. The fourth-order valence-corrected chi connectivity index (χ4v) is 2.56. The van der Waals surface area contributed by atoms with E-state index in [-0.39, 0.29) is 0 Å². The van der Waals surface area contributed by atoms with Crippen molar-refractivity contribution in [3.8, 4) is 0 Å². The summed E-state index contributed by atoms with van der Waals surface area (Å²) in [7, 11) is 0. The van der Waals surface area contributed by atoms with Gasteiger partial charge in [0.1, 0.15) is 0 Å². The predicted molar refractivity (Wildman–Crippen MR) is 60.6 cm³/mol. The average Bonchev–Trinajstić information content (AvgIpc) is 2.75. The Morgan fingerprint density at radius 2 is 2.21 bits per heavy atom. The number of hydrogen-bond acceptors (Lipinski definition) is 3. The van der Waals surface area contributed by atoms with Crippen molar-refractivity contribution in [1.82, 2.24) is 10.3 Å². The molecule has 0 saturated heterocycles. The highest BCUT2D eigenvalue weighted by Crippen LogP contribution is 2.22. The second-order valence-electron chi connectivity index (χ2n) is 3.81. The van der Waals surface area contributed by atoms with Gasteiger partial charge in [-0.1, -0.05) is 12.2 Å². The average molecular weight is 208 g/mol. The predicted octanol–water partition coefficient (Wildman–Crippen LogP) is 2.82. The van der Waals surface area contributed by atoms with Crippen LogP contribution in [0.5, 0.6) is 0 Å². The van der Waals surface area contributed by atoms with E-state index in [1.165, 1.54) is 17.7 Å². The lowest BCUT2D eigenvalue weighted by molar-refractivity contribution is 0.475. The molecule has 76 valence electrons. The molecule has 0 amide bonds. The molecular formula is C11H16N2S. The van der Waals surface area contributed by atoms with E-state index in [1.807, 2.05) is 6.20 Å². The number of nitrogens with one attached hydrogen (secondary N) is 1. The van der Waals surface area contributed by atoms with Gasteiger partial charge in [0.2, 0.25) is 0 Å². The first-order valence-corrected chi connectivity index (χ1v) is 5.90. The van der Waals surface area contributed by atoms with Crippen molar-refractivity contribution in [2.45, 2.75) is 38.8 Å². The topological polar surface area (TPSA) is 24.9 Å². The van der Waals surface area contributed by atoms with Crippen LogP contribution in [0, 0.1) is 6.92 Å². The fourth-order valence-electron chi connectivity index (χ4n) is 1.77. The van der Waals surface area contributed by atoms with Gasteiger partial charge in [-0.3, -0.25) is 0 Å². The number of thiazole rings is 1. The number of aryl methyl sites for hydroxylation is 1. The lowest BCUT2D eigenvalue weighted by Gasteiger charge is -2.17. The van der Waals surface area contributed by atoms with Gasteiger partial charge in [-0.2, -0.15) is 0 Å². The van der Waals surface area contributed by atoms with Crippen molar-refractivity contribution >= 4 is 11.3 Å². The molecule has 1 N–H and O–H groups in total. The third-order valence-corrected chi connectivity index (χ3v) is 3.65. The molecule has 0 saturated carbocycles. The first kappa shape index (κ1) is 9.87. The number of nitrogens with zero attached hydrogens (tertiary/aromatic N) is 1. The van der Waals surface area contributed by atoms with E-state index < -0.39 is 0 Å². The highest BCUT2D eigenvalue weighted by atomic mass is 32.1. The van der Waals surface area contributed by atoms with Gasteiger partial charge in [-0.25, -0.2) is 4.98 Å². The summed E-state index contributed by atoms with van der Waals surface area (Å²) in [4.78, 5) is 5.62. The molecule has 1 aromatic rings. The Kier molecular flexibility index (Phi) is 2.99. The van der Waals surface area contributed by atoms with Gasteiger partial charge in [0, 0.05) is 23.2 Å². The van der Waals surface area contributed by atoms with E-state index in [0.717, 1.165) is 5.01 Å². The summed E-state index contributed by atoms with van der Waals surface area (Å²) in [6.07, 6.45) is 8.83. The summed E-state index contributed by atoms with van der Waals surface area (Å²) in [6.45, 7) is 4.27. The number of rotatable bonds is 3. The smallest absolute Gasteiger partial charge is 0.0897 e. The molecule has 1 heterocycles. The zero-order chi connectivity index (χ0) is 9.97. The molecular weight excluding hydrogens is 192 g/mol. The van der Waals surface area contributed by atoms with Crippen LogP contribution in [0.3, 0.4) is 0 Å². The third-order valence-electron chi connectivity index (χ3n) is 2.56. The number of aromatic nitrogens is 1. The van der Waals surface area contributed by atoms with Crippen molar-refractivity contribution in [1.29, 1.82) is 0 Å². The van der Waals surface area contributed by atoms with E-state index >= 15 is 0 Å². The molecule has 1 atom stereocenters. The Morgan fingerprint density at radius 1 is 1.50 bits per heavy atom. The molecule has 0 aliphatic heterocycles. The van der Waals surface area contributed by atoms with Gasteiger partial charge >= 0.3 is 0 Å². The van der Waals surface area contributed by atoms with E-state index in [2.05, 4.69) is 36.3 Å². The summed E-state index contributed by atoms with van der Waals surface area (Å²) in [5, 5.41) is 4.77. The molecule has 1 aliphatic rings. The maximum absolute atomic E-state index is 4.28. The third kappa shape index (κ3) is 2.22. The maximum Gasteiger partial charge on any atom is 0.0897 e. The first-order valence-electron chi connectivity index (χ1n) is 5.09. The number of hydrogen-bond donors (Lipinski definition) is 1. The summed E-state index contributed by atoms with van der Waals surface area (Å²) >= 11 is 1.79.